The molecule has 120 valence electrons. The zero-order valence-corrected chi connectivity index (χ0v) is 12.9. The van der Waals surface area contributed by atoms with Crippen LogP contribution in [0.5, 0.6) is 0 Å². The van der Waals surface area contributed by atoms with Crippen LogP contribution < -0.4 is 5.32 Å². The number of aromatic carboxylic acids is 1. The number of carbonyl (C=O) groups is 1. The van der Waals surface area contributed by atoms with Gasteiger partial charge in [-0.2, -0.15) is 0 Å². The molecule has 0 aliphatic carbocycles. The normalized spacial score (nSPS) is 10.3. The van der Waals surface area contributed by atoms with Crippen molar-refractivity contribution in [3.8, 4) is 11.3 Å². The van der Waals surface area contributed by atoms with Gasteiger partial charge in [-0.05, 0) is 42.3 Å². The van der Waals surface area contributed by atoms with Gasteiger partial charge in [0.05, 0.1) is 11.3 Å². The van der Waals surface area contributed by atoms with E-state index in [-0.39, 0.29) is 0 Å². The van der Waals surface area contributed by atoms with Crippen LogP contribution in [0, 0.1) is 0 Å². The second kappa shape index (κ2) is 7.32. The summed E-state index contributed by atoms with van der Waals surface area (Å²) < 4.78 is 0. The van der Waals surface area contributed by atoms with Crippen molar-refractivity contribution in [2.45, 2.75) is 6.42 Å². The average molecular weight is 320 g/mol. The Bertz CT molecular complexity index is 820. The lowest BCUT2D eigenvalue weighted by atomic mass is 10.1. The van der Waals surface area contributed by atoms with Gasteiger partial charge in [0, 0.05) is 30.7 Å². The maximum atomic E-state index is 10.8. The van der Waals surface area contributed by atoms with Crippen molar-refractivity contribution in [3.63, 3.8) is 0 Å². The summed E-state index contributed by atoms with van der Waals surface area (Å²) in [6.07, 6.45) is 5.94. The molecule has 0 saturated carbocycles. The lowest BCUT2D eigenvalue weighted by molar-refractivity contribution is 0.0697. The molecule has 0 spiro atoms. The SMILES string of the molecule is O=C(O)c1ccc(CCNc2nccc(-c3cccnc3)n2)cc1. The summed E-state index contributed by atoms with van der Waals surface area (Å²) in [5.41, 5.74) is 3.09. The van der Waals surface area contributed by atoms with E-state index in [1.54, 1.807) is 30.7 Å². The third kappa shape index (κ3) is 3.92. The summed E-state index contributed by atoms with van der Waals surface area (Å²) in [4.78, 5) is 23.6. The van der Waals surface area contributed by atoms with E-state index >= 15 is 0 Å². The lowest BCUT2D eigenvalue weighted by Gasteiger charge is -2.07. The van der Waals surface area contributed by atoms with Gasteiger partial charge in [0.15, 0.2) is 0 Å². The maximum Gasteiger partial charge on any atom is 0.335 e. The molecule has 24 heavy (non-hydrogen) atoms. The minimum atomic E-state index is -0.916. The molecular weight excluding hydrogens is 304 g/mol. The summed E-state index contributed by atoms with van der Waals surface area (Å²) in [6.45, 7) is 0.656. The van der Waals surface area contributed by atoms with Gasteiger partial charge in [-0.25, -0.2) is 14.8 Å². The van der Waals surface area contributed by atoms with E-state index in [1.165, 1.54) is 0 Å². The summed E-state index contributed by atoms with van der Waals surface area (Å²) in [5, 5.41) is 12.1. The number of benzene rings is 1. The number of carboxylic acids is 1. The standard InChI is InChI=1S/C18H16N4O2/c23-17(24)14-5-3-13(4-6-14)7-10-20-18-21-11-8-16(22-18)15-2-1-9-19-12-15/h1-6,8-9,11-12H,7,10H2,(H,23,24)(H,20,21,22). The third-order valence-electron chi connectivity index (χ3n) is 3.51. The molecule has 2 aromatic heterocycles. The molecule has 0 aliphatic rings. The number of hydrogen-bond donors (Lipinski definition) is 2. The molecule has 0 atom stereocenters. The van der Waals surface area contributed by atoms with Gasteiger partial charge >= 0.3 is 5.97 Å². The molecule has 0 fully saturated rings. The van der Waals surface area contributed by atoms with Crippen molar-refractivity contribution in [2.24, 2.45) is 0 Å². The van der Waals surface area contributed by atoms with Gasteiger partial charge in [-0.15, -0.1) is 0 Å². The van der Waals surface area contributed by atoms with E-state index in [0.717, 1.165) is 23.2 Å². The van der Waals surface area contributed by atoms with Gasteiger partial charge in [0.1, 0.15) is 0 Å². The Morgan fingerprint density at radius 1 is 1.08 bits per heavy atom. The third-order valence-corrected chi connectivity index (χ3v) is 3.51. The number of rotatable bonds is 6. The fourth-order valence-corrected chi connectivity index (χ4v) is 2.25. The Morgan fingerprint density at radius 2 is 1.92 bits per heavy atom. The van der Waals surface area contributed by atoms with Crippen LogP contribution in [0.15, 0.2) is 61.1 Å². The second-order valence-corrected chi connectivity index (χ2v) is 5.19. The molecule has 2 N–H and O–H groups in total. The molecule has 3 rings (SSSR count). The number of carboxylic acid groups (broad SMARTS) is 1. The number of anilines is 1. The van der Waals surface area contributed by atoms with Crippen molar-refractivity contribution in [1.29, 1.82) is 0 Å². The first kappa shape index (κ1) is 15.6. The van der Waals surface area contributed by atoms with Gasteiger partial charge in [-0.1, -0.05) is 12.1 Å². The Morgan fingerprint density at radius 3 is 2.62 bits per heavy atom. The van der Waals surface area contributed by atoms with Crippen LogP contribution in [-0.2, 0) is 6.42 Å². The Hall–Kier alpha value is -3.28. The molecule has 2 heterocycles. The van der Waals surface area contributed by atoms with Crippen LogP contribution in [0.4, 0.5) is 5.95 Å². The quantitative estimate of drug-likeness (QED) is 0.726. The fourth-order valence-electron chi connectivity index (χ4n) is 2.25. The highest BCUT2D eigenvalue weighted by Gasteiger charge is 2.03. The molecule has 0 amide bonds. The molecule has 6 nitrogen and oxygen atoms in total. The molecule has 0 saturated heterocycles. The van der Waals surface area contributed by atoms with Crippen molar-refractivity contribution in [2.75, 3.05) is 11.9 Å². The first-order chi connectivity index (χ1) is 11.7. The van der Waals surface area contributed by atoms with Crippen molar-refractivity contribution in [1.82, 2.24) is 15.0 Å². The van der Waals surface area contributed by atoms with Crippen LogP contribution in [0.2, 0.25) is 0 Å². The summed E-state index contributed by atoms with van der Waals surface area (Å²) >= 11 is 0. The van der Waals surface area contributed by atoms with E-state index in [2.05, 4.69) is 20.3 Å². The predicted molar refractivity (Wildman–Crippen MR) is 90.9 cm³/mol. The van der Waals surface area contributed by atoms with E-state index in [4.69, 9.17) is 5.11 Å². The van der Waals surface area contributed by atoms with Crippen LogP contribution in [0.1, 0.15) is 15.9 Å². The second-order valence-electron chi connectivity index (χ2n) is 5.19. The highest BCUT2D eigenvalue weighted by Crippen LogP contribution is 2.15. The molecule has 1 aromatic carbocycles. The summed E-state index contributed by atoms with van der Waals surface area (Å²) in [5.74, 6) is -0.362. The minimum Gasteiger partial charge on any atom is -0.478 e. The monoisotopic (exact) mass is 320 g/mol. The first-order valence-corrected chi connectivity index (χ1v) is 7.52. The topological polar surface area (TPSA) is 88.0 Å². The van der Waals surface area contributed by atoms with Crippen LogP contribution >= 0.6 is 0 Å². The van der Waals surface area contributed by atoms with Gasteiger partial charge < -0.3 is 10.4 Å². The molecule has 0 unspecified atom stereocenters. The number of pyridine rings is 1. The zero-order valence-electron chi connectivity index (χ0n) is 12.9. The number of hydrogen-bond acceptors (Lipinski definition) is 5. The first-order valence-electron chi connectivity index (χ1n) is 7.52. The minimum absolute atomic E-state index is 0.291. The van der Waals surface area contributed by atoms with Crippen molar-refractivity contribution >= 4 is 11.9 Å². The van der Waals surface area contributed by atoms with Crippen molar-refractivity contribution in [3.05, 3.63) is 72.2 Å². The molecular formula is C18H16N4O2. The maximum absolute atomic E-state index is 10.8. The summed E-state index contributed by atoms with van der Waals surface area (Å²) in [6, 6.07) is 12.5. The van der Waals surface area contributed by atoms with E-state index in [1.807, 2.05) is 30.3 Å². The Balaban J connectivity index is 1.60. The van der Waals surface area contributed by atoms with E-state index in [0.29, 0.717) is 18.1 Å². The smallest absolute Gasteiger partial charge is 0.335 e. The van der Waals surface area contributed by atoms with Crippen LogP contribution in [0.25, 0.3) is 11.3 Å². The van der Waals surface area contributed by atoms with Gasteiger partial charge in [0.2, 0.25) is 5.95 Å². The predicted octanol–water partition coefficient (Wildman–Crippen LogP) is 2.89. The molecule has 3 aromatic rings. The highest BCUT2D eigenvalue weighted by molar-refractivity contribution is 5.87. The van der Waals surface area contributed by atoms with Crippen LogP contribution in [0.3, 0.4) is 0 Å². The Labute approximate surface area is 139 Å². The number of aromatic nitrogens is 3. The largest absolute Gasteiger partial charge is 0.478 e. The van der Waals surface area contributed by atoms with Crippen molar-refractivity contribution < 1.29 is 9.90 Å². The average Bonchev–Trinajstić information content (AvgIpc) is 2.63. The molecule has 6 heteroatoms. The van der Waals surface area contributed by atoms with E-state index in [9.17, 15) is 4.79 Å². The van der Waals surface area contributed by atoms with Gasteiger partial charge in [0.25, 0.3) is 0 Å². The lowest BCUT2D eigenvalue weighted by Crippen LogP contribution is -2.08. The summed E-state index contributed by atoms with van der Waals surface area (Å²) in [7, 11) is 0. The molecule has 0 radical (unpaired) electrons. The van der Waals surface area contributed by atoms with Gasteiger partial charge in [-0.3, -0.25) is 4.98 Å². The zero-order chi connectivity index (χ0) is 16.8. The number of nitrogens with one attached hydrogen (secondary N) is 1. The van der Waals surface area contributed by atoms with Crippen LogP contribution in [-0.4, -0.2) is 32.6 Å². The Kier molecular flexibility index (Phi) is 4.76. The fraction of sp³-hybridized carbons (Fsp3) is 0.111. The molecule has 0 bridgehead atoms. The highest BCUT2D eigenvalue weighted by atomic mass is 16.4. The molecule has 0 aliphatic heterocycles. The van der Waals surface area contributed by atoms with E-state index < -0.39 is 5.97 Å². The number of nitrogens with zero attached hydrogens (tertiary/aromatic N) is 3.